The highest BCUT2D eigenvalue weighted by Crippen LogP contribution is 2.30. The van der Waals surface area contributed by atoms with Gasteiger partial charge in [0.05, 0.1) is 5.02 Å². The van der Waals surface area contributed by atoms with Crippen molar-refractivity contribution in [1.82, 2.24) is 10.3 Å². The molecule has 2 nitrogen and oxygen atoms in total. The summed E-state index contributed by atoms with van der Waals surface area (Å²) in [5.74, 6) is 0.656. The van der Waals surface area contributed by atoms with Crippen LogP contribution < -0.4 is 5.32 Å². The highest BCUT2D eigenvalue weighted by Gasteiger charge is 2.06. The van der Waals surface area contributed by atoms with Gasteiger partial charge in [0.2, 0.25) is 0 Å². The molecule has 1 aromatic carbocycles. The molecule has 0 fully saturated rings. The van der Waals surface area contributed by atoms with E-state index < -0.39 is 0 Å². The predicted octanol–water partition coefficient (Wildman–Crippen LogP) is 4.94. The lowest BCUT2D eigenvalue weighted by Crippen LogP contribution is -2.19. The summed E-state index contributed by atoms with van der Waals surface area (Å²) in [4.78, 5) is 5.60. The smallest absolute Gasteiger partial charge is 0.101 e. The number of nitrogens with one attached hydrogen (secondary N) is 1. The third-order valence-corrected chi connectivity index (χ3v) is 4.29. The molecule has 0 saturated carbocycles. The van der Waals surface area contributed by atoms with Crippen molar-refractivity contribution in [3.05, 3.63) is 52.7 Å². The Morgan fingerprint density at radius 2 is 2.05 bits per heavy atom. The maximum atomic E-state index is 5.88. The predicted molar refractivity (Wildman–Crippen MR) is 91.1 cm³/mol. The van der Waals surface area contributed by atoms with E-state index in [1.807, 2.05) is 12.1 Å². The van der Waals surface area contributed by atoms with Crippen LogP contribution in [-0.4, -0.2) is 11.5 Å². The Labute approximate surface area is 136 Å². The number of benzene rings is 1. The minimum Gasteiger partial charge on any atom is -0.312 e. The van der Waals surface area contributed by atoms with Gasteiger partial charge in [-0.2, -0.15) is 0 Å². The molecule has 21 heavy (non-hydrogen) atoms. The lowest BCUT2D eigenvalue weighted by molar-refractivity contribution is 0.550. The molecule has 0 atom stereocenters. The van der Waals surface area contributed by atoms with Crippen molar-refractivity contribution in [2.75, 3.05) is 6.54 Å². The van der Waals surface area contributed by atoms with Crippen LogP contribution in [0.5, 0.6) is 0 Å². The summed E-state index contributed by atoms with van der Waals surface area (Å²) in [5, 5.41) is 5.14. The van der Waals surface area contributed by atoms with Crippen LogP contribution in [0.1, 0.15) is 25.0 Å². The van der Waals surface area contributed by atoms with Crippen LogP contribution in [0.15, 0.2) is 46.5 Å². The van der Waals surface area contributed by atoms with E-state index in [0.29, 0.717) is 10.9 Å². The molecule has 0 amide bonds. The average Bonchev–Trinajstić information content (AvgIpc) is 2.43. The van der Waals surface area contributed by atoms with Gasteiger partial charge < -0.3 is 5.32 Å². The van der Waals surface area contributed by atoms with Gasteiger partial charge in [-0.3, -0.25) is 0 Å². The first-order chi connectivity index (χ1) is 10.0. The lowest BCUT2D eigenvalue weighted by atomic mass is 10.1. The summed E-state index contributed by atoms with van der Waals surface area (Å²) in [6.45, 7) is 8.47. The van der Waals surface area contributed by atoms with E-state index in [1.165, 1.54) is 16.0 Å². The Hall–Kier alpha value is -1.03. The molecule has 0 bridgehead atoms. The fourth-order valence-electron chi connectivity index (χ4n) is 1.98. The van der Waals surface area contributed by atoms with Crippen molar-refractivity contribution in [1.29, 1.82) is 0 Å². The fourth-order valence-corrected chi connectivity index (χ4v) is 2.95. The first kappa shape index (κ1) is 16.3. The molecule has 0 spiro atoms. The van der Waals surface area contributed by atoms with E-state index in [-0.39, 0.29) is 0 Å². The number of nitrogens with zero attached hydrogens (tertiary/aromatic N) is 1. The molecule has 0 aliphatic heterocycles. The van der Waals surface area contributed by atoms with Gasteiger partial charge >= 0.3 is 0 Å². The first-order valence-corrected chi connectivity index (χ1v) is 8.33. The maximum absolute atomic E-state index is 5.88. The third-order valence-electron chi connectivity index (χ3n) is 3.00. The zero-order chi connectivity index (χ0) is 15.2. The van der Waals surface area contributed by atoms with Crippen LogP contribution in [0.2, 0.25) is 5.02 Å². The second kappa shape index (κ2) is 7.83. The summed E-state index contributed by atoms with van der Waals surface area (Å²) in [7, 11) is 0. The van der Waals surface area contributed by atoms with Gasteiger partial charge in [0.1, 0.15) is 5.03 Å². The van der Waals surface area contributed by atoms with Crippen molar-refractivity contribution in [3.8, 4) is 0 Å². The van der Waals surface area contributed by atoms with Gasteiger partial charge in [-0.25, -0.2) is 4.98 Å². The van der Waals surface area contributed by atoms with Gasteiger partial charge in [0, 0.05) is 17.6 Å². The molecule has 1 N–H and O–H groups in total. The molecular formula is C17H21ClN2S. The standard InChI is InChI=1S/C17H21ClN2S/c1-12(2)9-19-10-14-8-13(3)4-6-16(14)21-17-7-5-15(18)11-20-17/h4-8,11-12,19H,9-10H2,1-3H3. The van der Waals surface area contributed by atoms with Crippen LogP contribution in [0.3, 0.4) is 0 Å². The zero-order valence-corrected chi connectivity index (χ0v) is 14.3. The molecule has 4 heteroatoms. The first-order valence-electron chi connectivity index (χ1n) is 7.14. The Balaban J connectivity index is 2.12. The van der Waals surface area contributed by atoms with Crippen molar-refractivity contribution >= 4 is 23.4 Å². The van der Waals surface area contributed by atoms with E-state index in [4.69, 9.17) is 11.6 Å². The maximum Gasteiger partial charge on any atom is 0.101 e. The van der Waals surface area contributed by atoms with E-state index in [2.05, 4.69) is 49.3 Å². The highest BCUT2D eigenvalue weighted by atomic mass is 35.5. The summed E-state index contributed by atoms with van der Waals surface area (Å²) in [6, 6.07) is 10.4. The van der Waals surface area contributed by atoms with Crippen molar-refractivity contribution in [2.24, 2.45) is 5.92 Å². The van der Waals surface area contributed by atoms with E-state index >= 15 is 0 Å². The number of hydrogen-bond donors (Lipinski definition) is 1. The second-order valence-corrected chi connectivity index (χ2v) is 7.05. The van der Waals surface area contributed by atoms with Crippen molar-refractivity contribution < 1.29 is 0 Å². The molecule has 1 aromatic heterocycles. The van der Waals surface area contributed by atoms with E-state index in [1.54, 1.807) is 18.0 Å². The third kappa shape index (κ3) is 5.34. The molecule has 0 saturated heterocycles. The number of rotatable bonds is 6. The molecule has 112 valence electrons. The normalized spacial score (nSPS) is 11.1. The van der Waals surface area contributed by atoms with Gasteiger partial charge in [0.25, 0.3) is 0 Å². The van der Waals surface area contributed by atoms with E-state index in [0.717, 1.165) is 18.1 Å². The van der Waals surface area contributed by atoms with Gasteiger partial charge in [0.15, 0.2) is 0 Å². The van der Waals surface area contributed by atoms with Gasteiger partial charge in [-0.15, -0.1) is 0 Å². The Bertz CT molecular complexity index is 582. The summed E-state index contributed by atoms with van der Waals surface area (Å²) in [6.07, 6.45) is 1.69. The van der Waals surface area contributed by atoms with E-state index in [9.17, 15) is 0 Å². The molecular weight excluding hydrogens is 300 g/mol. The number of hydrogen-bond acceptors (Lipinski definition) is 3. The monoisotopic (exact) mass is 320 g/mol. The van der Waals surface area contributed by atoms with Crippen molar-refractivity contribution in [3.63, 3.8) is 0 Å². The van der Waals surface area contributed by atoms with Crippen LogP contribution in [0, 0.1) is 12.8 Å². The van der Waals surface area contributed by atoms with Crippen LogP contribution in [-0.2, 0) is 6.54 Å². The highest BCUT2D eigenvalue weighted by molar-refractivity contribution is 7.99. The van der Waals surface area contributed by atoms with Crippen LogP contribution in [0.4, 0.5) is 0 Å². The van der Waals surface area contributed by atoms with Crippen LogP contribution in [0.25, 0.3) is 0 Å². The largest absolute Gasteiger partial charge is 0.312 e. The molecule has 2 aromatic rings. The number of pyridine rings is 1. The van der Waals surface area contributed by atoms with Gasteiger partial charge in [-0.05, 0) is 43.1 Å². The molecule has 1 heterocycles. The summed E-state index contributed by atoms with van der Waals surface area (Å²) in [5.41, 5.74) is 2.60. The SMILES string of the molecule is Cc1ccc(Sc2ccc(Cl)cn2)c(CNCC(C)C)c1. The number of aromatic nitrogens is 1. The second-order valence-electron chi connectivity index (χ2n) is 5.55. The molecule has 0 radical (unpaired) electrons. The summed E-state index contributed by atoms with van der Waals surface area (Å²) < 4.78 is 0. The quantitative estimate of drug-likeness (QED) is 0.816. The molecule has 0 unspecified atom stereocenters. The fraction of sp³-hybridized carbons (Fsp3) is 0.353. The number of aryl methyl sites for hydroxylation is 1. The lowest BCUT2D eigenvalue weighted by Gasteiger charge is -2.12. The zero-order valence-electron chi connectivity index (χ0n) is 12.7. The average molecular weight is 321 g/mol. The topological polar surface area (TPSA) is 24.9 Å². The van der Waals surface area contributed by atoms with Crippen molar-refractivity contribution in [2.45, 2.75) is 37.2 Å². The molecule has 2 rings (SSSR count). The van der Waals surface area contributed by atoms with Crippen LogP contribution >= 0.6 is 23.4 Å². The summed E-state index contributed by atoms with van der Waals surface area (Å²) >= 11 is 7.56. The molecule has 0 aliphatic carbocycles. The molecule has 0 aliphatic rings. The Morgan fingerprint density at radius 3 is 2.71 bits per heavy atom. The number of halogens is 1. The van der Waals surface area contributed by atoms with Gasteiger partial charge in [-0.1, -0.05) is 54.9 Å². The Kier molecular flexibility index (Phi) is 6.09. The minimum absolute atomic E-state index is 0.656. The minimum atomic E-state index is 0.656. The Morgan fingerprint density at radius 1 is 1.24 bits per heavy atom.